The molecule has 0 saturated carbocycles. The first-order chi connectivity index (χ1) is 14.5. The summed E-state index contributed by atoms with van der Waals surface area (Å²) in [5.41, 5.74) is 3.95. The number of phenolic OH excluding ortho intramolecular Hbond substituents is 1. The van der Waals surface area contributed by atoms with Crippen molar-refractivity contribution in [3.8, 4) is 11.5 Å². The molecular weight excluding hydrogens is 376 g/mol. The Hall–Kier alpha value is -3.99. The molecule has 5 heteroatoms. The second kappa shape index (κ2) is 8.17. The van der Waals surface area contributed by atoms with Crippen LogP contribution in [0.5, 0.6) is 11.5 Å². The molecule has 5 nitrogen and oxygen atoms in total. The lowest BCUT2D eigenvalue weighted by Crippen LogP contribution is -2.09. The maximum atomic E-state index is 12.7. The first kappa shape index (κ1) is 19.3. The zero-order chi connectivity index (χ0) is 21.1. The average Bonchev–Trinajstić information content (AvgIpc) is 2.76. The van der Waals surface area contributed by atoms with Crippen molar-refractivity contribution in [3.05, 3.63) is 95.1 Å². The highest BCUT2D eigenvalue weighted by atomic mass is 16.5. The number of fused-ring (bicyclic) bond motifs is 1. The molecule has 0 atom stereocenters. The summed E-state index contributed by atoms with van der Waals surface area (Å²) in [6.07, 6.45) is 8.21. The van der Waals surface area contributed by atoms with Crippen LogP contribution in [0.1, 0.15) is 32.6 Å². The van der Waals surface area contributed by atoms with Crippen LogP contribution in [0.2, 0.25) is 0 Å². The van der Waals surface area contributed by atoms with Crippen LogP contribution >= 0.6 is 0 Å². The zero-order valence-corrected chi connectivity index (χ0v) is 16.7. The number of hydrogen-bond donors (Lipinski definition) is 1. The van der Waals surface area contributed by atoms with Gasteiger partial charge in [0.25, 0.3) is 0 Å². The van der Waals surface area contributed by atoms with Crippen molar-refractivity contribution in [1.29, 1.82) is 0 Å². The van der Waals surface area contributed by atoms with Crippen molar-refractivity contribution in [3.63, 3.8) is 0 Å². The molecule has 4 rings (SSSR count). The van der Waals surface area contributed by atoms with Crippen LogP contribution in [0, 0.1) is 13.8 Å². The molecule has 0 saturated heterocycles. The summed E-state index contributed by atoms with van der Waals surface area (Å²) in [6, 6.07) is 15.4. The number of benzene rings is 3. The van der Waals surface area contributed by atoms with Crippen molar-refractivity contribution in [2.45, 2.75) is 13.8 Å². The van der Waals surface area contributed by atoms with Gasteiger partial charge in [0.1, 0.15) is 12.1 Å². The van der Waals surface area contributed by atoms with Gasteiger partial charge in [-0.1, -0.05) is 36.4 Å². The van der Waals surface area contributed by atoms with E-state index in [4.69, 9.17) is 4.74 Å². The van der Waals surface area contributed by atoms with Gasteiger partial charge in [-0.05, 0) is 71.1 Å². The smallest absolute Gasteiger partial charge is 0.343 e. The highest BCUT2D eigenvalue weighted by Gasteiger charge is 2.12. The summed E-state index contributed by atoms with van der Waals surface area (Å²) >= 11 is 0. The monoisotopic (exact) mass is 396 g/mol. The predicted molar refractivity (Wildman–Crippen MR) is 117 cm³/mol. The number of carbonyl (C=O) groups is 1. The molecule has 30 heavy (non-hydrogen) atoms. The maximum absolute atomic E-state index is 12.7. The van der Waals surface area contributed by atoms with Crippen LogP contribution in [0.25, 0.3) is 22.9 Å². The minimum atomic E-state index is -0.471. The molecule has 0 unspecified atom stereocenters. The highest BCUT2D eigenvalue weighted by Crippen LogP contribution is 2.26. The second-order valence-corrected chi connectivity index (χ2v) is 7.09. The van der Waals surface area contributed by atoms with E-state index >= 15 is 0 Å². The molecule has 0 spiro atoms. The predicted octanol–water partition coefficient (Wildman–Crippen LogP) is 5.34. The quantitative estimate of drug-likeness (QED) is 0.372. The van der Waals surface area contributed by atoms with Gasteiger partial charge in [-0.25, -0.2) is 14.8 Å². The third kappa shape index (κ3) is 4.05. The molecule has 1 heterocycles. The number of aromatic nitrogens is 2. The molecule has 0 aliphatic carbocycles. The molecule has 0 bridgehead atoms. The molecular formula is C25H20N2O3. The van der Waals surface area contributed by atoms with E-state index in [-0.39, 0.29) is 0 Å². The summed E-state index contributed by atoms with van der Waals surface area (Å²) < 4.78 is 5.40. The van der Waals surface area contributed by atoms with Gasteiger partial charge in [0, 0.05) is 0 Å². The largest absolute Gasteiger partial charge is 0.507 e. The molecule has 148 valence electrons. The van der Waals surface area contributed by atoms with Crippen LogP contribution < -0.4 is 4.74 Å². The minimum absolute atomic E-state index is 0.294. The first-order valence-electron chi connectivity index (χ1n) is 9.49. The van der Waals surface area contributed by atoms with Crippen molar-refractivity contribution in [1.82, 2.24) is 9.97 Å². The minimum Gasteiger partial charge on any atom is -0.507 e. The zero-order valence-electron chi connectivity index (χ0n) is 16.7. The Morgan fingerprint density at radius 1 is 0.967 bits per heavy atom. The fraction of sp³-hybridized carbons (Fsp3) is 0.0800. The van der Waals surface area contributed by atoms with Gasteiger partial charge < -0.3 is 9.84 Å². The Bertz CT molecular complexity index is 1240. The number of aryl methyl sites for hydroxylation is 2. The summed E-state index contributed by atoms with van der Waals surface area (Å²) in [5.74, 6) is 0.136. The van der Waals surface area contributed by atoms with Crippen LogP contribution in [0.4, 0.5) is 0 Å². The Kier molecular flexibility index (Phi) is 5.26. The molecule has 0 aliphatic rings. The number of rotatable bonds is 4. The van der Waals surface area contributed by atoms with Gasteiger partial charge in [0.05, 0.1) is 18.0 Å². The number of phenols is 1. The van der Waals surface area contributed by atoms with Gasteiger partial charge in [-0.3, -0.25) is 0 Å². The normalized spacial score (nSPS) is 11.1. The third-order valence-corrected chi connectivity index (χ3v) is 4.85. The number of aromatic hydroxyl groups is 1. The van der Waals surface area contributed by atoms with E-state index in [9.17, 15) is 9.90 Å². The fourth-order valence-electron chi connectivity index (χ4n) is 3.37. The van der Waals surface area contributed by atoms with Gasteiger partial charge in [0.15, 0.2) is 5.75 Å². The Balaban J connectivity index is 1.73. The topological polar surface area (TPSA) is 72.3 Å². The van der Waals surface area contributed by atoms with Crippen molar-refractivity contribution in [2.24, 2.45) is 0 Å². The molecule has 4 aromatic rings. The van der Waals surface area contributed by atoms with Crippen LogP contribution in [-0.4, -0.2) is 21.0 Å². The molecule has 1 N–H and O–H groups in total. The standard InChI is InChI=1S/C25H20N2O3/c1-16-9-18(10-17(2)24(16)28)7-8-20-12-21(11-19-5-3-4-6-23(19)20)25(29)30-22-13-26-15-27-14-22/h3-15,28H,1-2H3/b8-7+. The van der Waals surface area contributed by atoms with E-state index in [1.165, 1.54) is 18.7 Å². The second-order valence-electron chi connectivity index (χ2n) is 7.09. The van der Waals surface area contributed by atoms with E-state index in [0.29, 0.717) is 17.1 Å². The number of nitrogens with zero attached hydrogens (tertiary/aromatic N) is 2. The molecule has 0 radical (unpaired) electrons. The van der Waals surface area contributed by atoms with Crippen molar-refractivity contribution >= 4 is 28.9 Å². The summed E-state index contributed by atoms with van der Waals surface area (Å²) in [4.78, 5) is 20.4. The van der Waals surface area contributed by atoms with E-state index < -0.39 is 5.97 Å². The summed E-state index contributed by atoms with van der Waals surface area (Å²) in [6.45, 7) is 3.75. The molecule has 0 amide bonds. The van der Waals surface area contributed by atoms with Gasteiger partial charge >= 0.3 is 5.97 Å². The van der Waals surface area contributed by atoms with Crippen molar-refractivity contribution in [2.75, 3.05) is 0 Å². The summed E-state index contributed by atoms with van der Waals surface area (Å²) in [5, 5.41) is 12.0. The van der Waals surface area contributed by atoms with E-state index in [0.717, 1.165) is 33.0 Å². The Morgan fingerprint density at radius 3 is 2.40 bits per heavy atom. The number of ether oxygens (including phenoxy) is 1. The third-order valence-electron chi connectivity index (χ3n) is 4.85. The fourth-order valence-corrected chi connectivity index (χ4v) is 3.37. The number of hydrogen-bond acceptors (Lipinski definition) is 5. The van der Waals surface area contributed by atoms with Crippen molar-refractivity contribution < 1.29 is 14.6 Å². The summed E-state index contributed by atoms with van der Waals surface area (Å²) in [7, 11) is 0. The average molecular weight is 396 g/mol. The lowest BCUT2D eigenvalue weighted by Gasteiger charge is -2.08. The Morgan fingerprint density at radius 2 is 1.67 bits per heavy atom. The van der Waals surface area contributed by atoms with E-state index in [2.05, 4.69) is 9.97 Å². The van der Waals surface area contributed by atoms with Crippen LogP contribution in [-0.2, 0) is 0 Å². The number of carbonyl (C=O) groups excluding carboxylic acids is 1. The lowest BCUT2D eigenvalue weighted by atomic mass is 9.99. The molecule has 3 aromatic carbocycles. The number of esters is 1. The van der Waals surface area contributed by atoms with Gasteiger partial charge in [-0.15, -0.1) is 0 Å². The maximum Gasteiger partial charge on any atom is 0.343 e. The Labute approximate surface area is 174 Å². The molecule has 1 aromatic heterocycles. The van der Waals surface area contributed by atoms with Gasteiger partial charge in [-0.2, -0.15) is 0 Å². The highest BCUT2D eigenvalue weighted by molar-refractivity contribution is 6.01. The molecule has 0 aliphatic heterocycles. The van der Waals surface area contributed by atoms with E-state index in [1.54, 1.807) is 0 Å². The van der Waals surface area contributed by atoms with Crippen LogP contribution in [0.3, 0.4) is 0 Å². The lowest BCUT2D eigenvalue weighted by molar-refractivity contribution is 0.0733. The SMILES string of the molecule is Cc1cc(/C=C/c2cc(C(=O)Oc3cncnc3)cc3ccccc23)cc(C)c1O. The van der Waals surface area contributed by atoms with Crippen LogP contribution in [0.15, 0.2) is 67.3 Å². The molecule has 0 fully saturated rings. The van der Waals surface area contributed by atoms with Gasteiger partial charge in [0.2, 0.25) is 0 Å². The van der Waals surface area contributed by atoms with E-state index in [1.807, 2.05) is 74.5 Å². The first-order valence-corrected chi connectivity index (χ1v) is 9.49.